The summed E-state index contributed by atoms with van der Waals surface area (Å²) in [5.74, 6) is 0.636. The van der Waals surface area contributed by atoms with Crippen LogP contribution < -0.4 is 10.1 Å². The van der Waals surface area contributed by atoms with Gasteiger partial charge in [-0.05, 0) is 55.3 Å². The summed E-state index contributed by atoms with van der Waals surface area (Å²) in [5, 5.41) is 3.49. The predicted molar refractivity (Wildman–Crippen MR) is 104 cm³/mol. The Morgan fingerprint density at radius 1 is 1.16 bits per heavy atom. The van der Waals surface area contributed by atoms with Crippen LogP contribution in [-0.2, 0) is 0 Å². The fourth-order valence-electron chi connectivity index (χ4n) is 2.50. The number of nitrogens with one attached hydrogen (secondary N) is 1. The topological polar surface area (TPSA) is 51.2 Å². The van der Waals surface area contributed by atoms with E-state index in [4.69, 9.17) is 4.74 Å². The Morgan fingerprint density at radius 2 is 1.96 bits per heavy atom. The molecule has 2 aromatic carbocycles. The van der Waals surface area contributed by atoms with E-state index in [0.717, 1.165) is 22.4 Å². The lowest BCUT2D eigenvalue weighted by Gasteiger charge is -2.06. The molecule has 0 saturated heterocycles. The van der Waals surface area contributed by atoms with Gasteiger partial charge in [0.05, 0.1) is 16.8 Å². The zero-order chi connectivity index (χ0) is 17.6. The molecule has 1 aromatic heterocycles. The zero-order valence-corrected chi connectivity index (χ0v) is 15.4. The van der Waals surface area contributed by atoms with E-state index in [0.29, 0.717) is 17.3 Å². The second-order valence-corrected chi connectivity index (χ2v) is 7.05. The van der Waals surface area contributed by atoms with Gasteiger partial charge in [0.25, 0.3) is 5.91 Å². The molecule has 3 rings (SSSR count). The number of thiazole rings is 1. The molecule has 0 spiro atoms. The Bertz CT molecular complexity index is 856. The molecule has 1 N–H and O–H groups in total. The quantitative estimate of drug-likeness (QED) is 0.576. The Kier molecular flexibility index (Phi) is 5.66. The molecule has 130 valence electrons. The van der Waals surface area contributed by atoms with Crippen LogP contribution in [0.15, 0.2) is 42.5 Å². The van der Waals surface area contributed by atoms with Crippen LogP contribution in [0, 0.1) is 6.92 Å². The van der Waals surface area contributed by atoms with Gasteiger partial charge in [0, 0.05) is 5.56 Å². The third kappa shape index (κ3) is 4.57. The van der Waals surface area contributed by atoms with E-state index >= 15 is 0 Å². The molecule has 3 aromatic rings. The minimum atomic E-state index is -0.159. The Labute approximate surface area is 151 Å². The minimum Gasteiger partial charge on any atom is -0.494 e. The molecule has 1 heterocycles. The van der Waals surface area contributed by atoms with E-state index in [1.165, 1.54) is 29.7 Å². The minimum absolute atomic E-state index is 0.159. The summed E-state index contributed by atoms with van der Waals surface area (Å²) in [5.41, 5.74) is 2.68. The lowest BCUT2D eigenvalue weighted by atomic mass is 10.2. The second kappa shape index (κ2) is 8.12. The molecular weight excluding hydrogens is 332 g/mol. The number of aryl methyl sites for hydroxylation is 1. The van der Waals surface area contributed by atoms with E-state index in [-0.39, 0.29) is 5.91 Å². The third-order valence-corrected chi connectivity index (χ3v) is 4.83. The van der Waals surface area contributed by atoms with Gasteiger partial charge in [-0.25, -0.2) is 4.98 Å². The number of hydrogen-bond acceptors (Lipinski definition) is 4. The van der Waals surface area contributed by atoms with Crippen molar-refractivity contribution in [3.05, 3.63) is 53.6 Å². The maximum Gasteiger partial charge on any atom is 0.257 e. The van der Waals surface area contributed by atoms with Gasteiger partial charge in [0.15, 0.2) is 5.13 Å². The van der Waals surface area contributed by atoms with Crippen LogP contribution in [-0.4, -0.2) is 17.5 Å². The number of amides is 1. The first-order chi connectivity index (χ1) is 12.2. The van der Waals surface area contributed by atoms with Crippen molar-refractivity contribution in [1.82, 2.24) is 4.98 Å². The van der Waals surface area contributed by atoms with Crippen molar-refractivity contribution in [2.24, 2.45) is 0 Å². The van der Waals surface area contributed by atoms with E-state index in [1.807, 2.05) is 31.2 Å². The van der Waals surface area contributed by atoms with Crippen molar-refractivity contribution in [2.45, 2.75) is 33.1 Å². The fraction of sp³-hybridized carbons (Fsp3) is 0.300. The van der Waals surface area contributed by atoms with E-state index in [2.05, 4.69) is 23.3 Å². The van der Waals surface area contributed by atoms with Crippen molar-refractivity contribution >= 4 is 32.6 Å². The van der Waals surface area contributed by atoms with E-state index in [9.17, 15) is 4.79 Å². The fourth-order valence-corrected chi connectivity index (χ4v) is 3.46. The second-order valence-electron chi connectivity index (χ2n) is 6.02. The molecule has 0 aliphatic rings. The summed E-state index contributed by atoms with van der Waals surface area (Å²) >= 11 is 1.49. The van der Waals surface area contributed by atoms with Crippen molar-refractivity contribution in [3.63, 3.8) is 0 Å². The van der Waals surface area contributed by atoms with Gasteiger partial charge >= 0.3 is 0 Å². The number of benzene rings is 2. The van der Waals surface area contributed by atoms with Gasteiger partial charge in [-0.15, -0.1) is 0 Å². The number of anilines is 1. The first kappa shape index (κ1) is 17.4. The summed E-state index contributed by atoms with van der Waals surface area (Å²) in [6.07, 6.45) is 3.39. The lowest BCUT2D eigenvalue weighted by molar-refractivity contribution is 0.102. The van der Waals surface area contributed by atoms with Gasteiger partial charge in [0.1, 0.15) is 5.75 Å². The first-order valence-corrected chi connectivity index (χ1v) is 9.39. The van der Waals surface area contributed by atoms with Crippen LogP contribution >= 0.6 is 11.3 Å². The molecule has 0 unspecified atom stereocenters. The summed E-state index contributed by atoms with van der Waals surface area (Å²) in [6.45, 7) is 4.92. The zero-order valence-electron chi connectivity index (χ0n) is 14.5. The highest BCUT2D eigenvalue weighted by atomic mass is 32.1. The van der Waals surface area contributed by atoms with Gasteiger partial charge in [-0.2, -0.15) is 0 Å². The molecule has 0 radical (unpaired) electrons. The number of carbonyl (C=O) groups excluding carboxylic acids is 1. The van der Waals surface area contributed by atoms with Crippen molar-refractivity contribution in [2.75, 3.05) is 11.9 Å². The van der Waals surface area contributed by atoms with Gasteiger partial charge in [-0.1, -0.05) is 37.2 Å². The number of rotatable bonds is 7. The molecule has 0 bridgehead atoms. The summed E-state index contributed by atoms with van der Waals surface area (Å²) in [4.78, 5) is 16.8. The number of ether oxygens (including phenoxy) is 1. The highest BCUT2D eigenvalue weighted by Gasteiger charge is 2.10. The van der Waals surface area contributed by atoms with E-state index < -0.39 is 0 Å². The molecular formula is C20H22N2O2S. The van der Waals surface area contributed by atoms with Crippen LogP contribution in [0.4, 0.5) is 5.13 Å². The van der Waals surface area contributed by atoms with Gasteiger partial charge in [0.2, 0.25) is 0 Å². The number of nitrogens with zero attached hydrogens (tertiary/aromatic N) is 1. The summed E-state index contributed by atoms with van der Waals surface area (Å²) in [7, 11) is 0. The van der Waals surface area contributed by atoms with Gasteiger partial charge in [-0.3, -0.25) is 10.1 Å². The molecule has 25 heavy (non-hydrogen) atoms. The molecule has 4 nitrogen and oxygen atoms in total. The SMILES string of the molecule is CCCCCOc1ccc(C(=O)Nc2nc3ccc(C)cc3s2)cc1. The monoisotopic (exact) mass is 354 g/mol. The molecule has 1 amide bonds. The highest BCUT2D eigenvalue weighted by molar-refractivity contribution is 7.22. The van der Waals surface area contributed by atoms with Crippen molar-refractivity contribution in [1.29, 1.82) is 0 Å². The Balaban J connectivity index is 1.62. The van der Waals surface area contributed by atoms with Gasteiger partial charge < -0.3 is 4.74 Å². The summed E-state index contributed by atoms with van der Waals surface area (Å²) in [6, 6.07) is 13.3. The van der Waals surface area contributed by atoms with Crippen molar-refractivity contribution < 1.29 is 9.53 Å². The van der Waals surface area contributed by atoms with Crippen molar-refractivity contribution in [3.8, 4) is 5.75 Å². The van der Waals surface area contributed by atoms with E-state index in [1.54, 1.807) is 12.1 Å². The average molecular weight is 354 g/mol. The number of unbranched alkanes of at least 4 members (excludes halogenated alkanes) is 2. The summed E-state index contributed by atoms with van der Waals surface area (Å²) < 4.78 is 6.75. The van der Waals surface area contributed by atoms with Crippen LogP contribution in [0.3, 0.4) is 0 Å². The predicted octanol–water partition coefficient (Wildman–Crippen LogP) is 5.43. The lowest BCUT2D eigenvalue weighted by Crippen LogP contribution is -2.11. The Hall–Kier alpha value is -2.40. The van der Waals surface area contributed by atoms with Crippen LogP contribution in [0.5, 0.6) is 5.75 Å². The first-order valence-electron chi connectivity index (χ1n) is 8.57. The number of carbonyl (C=O) groups is 1. The Morgan fingerprint density at radius 3 is 2.72 bits per heavy atom. The molecule has 0 aliphatic carbocycles. The number of fused-ring (bicyclic) bond motifs is 1. The maximum atomic E-state index is 12.4. The van der Waals surface area contributed by atoms with Crippen LogP contribution in [0.25, 0.3) is 10.2 Å². The molecule has 0 atom stereocenters. The largest absolute Gasteiger partial charge is 0.494 e. The smallest absolute Gasteiger partial charge is 0.257 e. The van der Waals surface area contributed by atoms with Crippen LogP contribution in [0.2, 0.25) is 0 Å². The molecule has 0 fully saturated rings. The normalized spacial score (nSPS) is 10.8. The third-order valence-electron chi connectivity index (χ3n) is 3.90. The molecule has 0 saturated carbocycles. The number of hydrogen-bond donors (Lipinski definition) is 1. The highest BCUT2D eigenvalue weighted by Crippen LogP contribution is 2.27. The van der Waals surface area contributed by atoms with Crippen LogP contribution in [0.1, 0.15) is 42.1 Å². The maximum absolute atomic E-state index is 12.4. The number of aromatic nitrogens is 1. The average Bonchev–Trinajstić information content (AvgIpc) is 3.00. The molecule has 0 aliphatic heterocycles. The standard InChI is InChI=1S/C20H22N2O2S/c1-3-4-5-12-24-16-9-7-15(8-10-16)19(23)22-20-21-17-11-6-14(2)13-18(17)25-20/h6-11,13H,3-5,12H2,1-2H3,(H,21,22,23). The molecule has 5 heteroatoms.